The maximum atomic E-state index is 13.3. The largest absolute Gasteiger partial charge is 0.418 e. The molecule has 2 rings (SSSR count). The van der Waals surface area contributed by atoms with Crippen molar-refractivity contribution >= 4 is 34.8 Å². The maximum absolute atomic E-state index is 13.3. The second-order valence-corrected chi connectivity index (χ2v) is 6.63. The highest BCUT2D eigenvalue weighted by Crippen LogP contribution is 2.38. The van der Waals surface area contributed by atoms with Gasteiger partial charge in [-0.2, -0.15) is 13.2 Å². The van der Waals surface area contributed by atoms with E-state index in [1.165, 1.54) is 6.07 Å². The zero-order valence-electron chi connectivity index (χ0n) is 14.9. The number of carbonyl (C=O) groups is 2. The van der Waals surface area contributed by atoms with Crippen molar-refractivity contribution in [2.75, 3.05) is 16.8 Å². The smallest absolute Gasteiger partial charge is 0.325 e. The van der Waals surface area contributed by atoms with Gasteiger partial charge in [-0.1, -0.05) is 17.7 Å². The van der Waals surface area contributed by atoms with Gasteiger partial charge < -0.3 is 10.2 Å². The molecule has 0 radical (unpaired) electrons. The fourth-order valence-corrected chi connectivity index (χ4v) is 2.90. The van der Waals surface area contributed by atoms with E-state index in [0.29, 0.717) is 5.69 Å². The van der Waals surface area contributed by atoms with Gasteiger partial charge in [0.05, 0.1) is 11.3 Å². The van der Waals surface area contributed by atoms with Crippen LogP contribution >= 0.6 is 11.6 Å². The molecular weight excluding hydrogens is 381 g/mol. The predicted molar refractivity (Wildman–Crippen MR) is 99.0 cm³/mol. The first-order chi connectivity index (χ1) is 12.5. The van der Waals surface area contributed by atoms with Crippen molar-refractivity contribution < 1.29 is 22.8 Å². The van der Waals surface area contributed by atoms with Crippen molar-refractivity contribution in [1.29, 1.82) is 0 Å². The molecular formula is C19H18ClF3N2O2. The second kappa shape index (κ2) is 8.00. The van der Waals surface area contributed by atoms with E-state index in [4.69, 9.17) is 11.6 Å². The molecule has 0 aliphatic rings. The number of anilines is 2. The Morgan fingerprint density at radius 2 is 1.67 bits per heavy atom. The molecule has 0 saturated heterocycles. The summed E-state index contributed by atoms with van der Waals surface area (Å²) >= 11 is 5.67. The van der Waals surface area contributed by atoms with Gasteiger partial charge in [0, 0.05) is 17.6 Å². The second-order valence-electron chi connectivity index (χ2n) is 6.19. The fraction of sp³-hybridized carbons (Fsp3) is 0.263. The Balaban J connectivity index is 2.31. The SMILES string of the molecule is CC(=O)N(CC(=O)Nc1cc(C)cc(C)c1)c1ccc(Cl)cc1C(F)(F)F. The first-order valence-electron chi connectivity index (χ1n) is 8.00. The van der Waals surface area contributed by atoms with Crippen molar-refractivity contribution in [2.45, 2.75) is 26.9 Å². The number of halogens is 4. The number of nitrogens with one attached hydrogen (secondary N) is 1. The summed E-state index contributed by atoms with van der Waals surface area (Å²) < 4.78 is 40.0. The van der Waals surface area contributed by atoms with Crippen LogP contribution in [0.2, 0.25) is 5.02 Å². The minimum atomic E-state index is -4.72. The van der Waals surface area contributed by atoms with E-state index >= 15 is 0 Å². The molecule has 0 heterocycles. The molecule has 144 valence electrons. The van der Waals surface area contributed by atoms with Gasteiger partial charge >= 0.3 is 6.18 Å². The zero-order valence-corrected chi connectivity index (χ0v) is 15.7. The molecule has 1 N–H and O–H groups in total. The quantitative estimate of drug-likeness (QED) is 0.790. The van der Waals surface area contributed by atoms with E-state index in [0.717, 1.165) is 35.1 Å². The average molecular weight is 399 g/mol. The highest BCUT2D eigenvalue weighted by molar-refractivity contribution is 6.30. The standard InChI is InChI=1S/C19H18ClF3N2O2/c1-11-6-12(2)8-15(7-11)24-18(27)10-25(13(3)26)17-5-4-14(20)9-16(17)19(21,22)23/h4-9H,10H2,1-3H3,(H,24,27). The third kappa shape index (κ3) is 5.47. The number of carbonyl (C=O) groups excluding carboxylic acids is 2. The summed E-state index contributed by atoms with van der Waals surface area (Å²) in [5.41, 5.74) is 0.851. The van der Waals surface area contributed by atoms with E-state index in [9.17, 15) is 22.8 Å². The van der Waals surface area contributed by atoms with Crippen LogP contribution in [0, 0.1) is 13.8 Å². The summed E-state index contributed by atoms with van der Waals surface area (Å²) in [6.07, 6.45) is -4.72. The van der Waals surface area contributed by atoms with Gasteiger partial charge in [-0.3, -0.25) is 9.59 Å². The van der Waals surface area contributed by atoms with Crippen molar-refractivity contribution in [2.24, 2.45) is 0 Å². The molecule has 0 aliphatic carbocycles. The van der Waals surface area contributed by atoms with E-state index in [1.807, 2.05) is 19.9 Å². The number of hydrogen-bond acceptors (Lipinski definition) is 2. The molecule has 2 aromatic carbocycles. The third-order valence-corrected chi connectivity index (χ3v) is 3.98. The van der Waals surface area contributed by atoms with E-state index in [2.05, 4.69) is 5.32 Å². The Bertz CT molecular complexity index is 861. The predicted octanol–water partition coefficient (Wildman–Crippen LogP) is 4.97. The average Bonchev–Trinajstić information content (AvgIpc) is 2.50. The maximum Gasteiger partial charge on any atom is 0.418 e. The number of amides is 2. The highest BCUT2D eigenvalue weighted by atomic mass is 35.5. The van der Waals surface area contributed by atoms with Crippen LogP contribution < -0.4 is 10.2 Å². The lowest BCUT2D eigenvalue weighted by Gasteiger charge is -2.24. The van der Waals surface area contributed by atoms with Gasteiger partial charge in [0.25, 0.3) is 0 Å². The molecule has 0 bridgehead atoms. The van der Waals surface area contributed by atoms with Crippen molar-refractivity contribution in [1.82, 2.24) is 0 Å². The van der Waals surface area contributed by atoms with Crippen LogP contribution in [-0.4, -0.2) is 18.4 Å². The van der Waals surface area contributed by atoms with Gasteiger partial charge in [-0.25, -0.2) is 0 Å². The number of alkyl halides is 3. The Morgan fingerprint density at radius 1 is 1.07 bits per heavy atom. The lowest BCUT2D eigenvalue weighted by atomic mass is 10.1. The Labute approximate surface area is 159 Å². The highest BCUT2D eigenvalue weighted by Gasteiger charge is 2.36. The molecule has 0 aromatic heterocycles. The van der Waals surface area contributed by atoms with Gasteiger partial charge in [0.2, 0.25) is 11.8 Å². The van der Waals surface area contributed by atoms with Crippen molar-refractivity contribution in [3.8, 4) is 0 Å². The summed E-state index contributed by atoms with van der Waals surface area (Å²) in [5.74, 6) is -1.31. The Hall–Kier alpha value is -2.54. The topological polar surface area (TPSA) is 49.4 Å². The number of benzene rings is 2. The first-order valence-corrected chi connectivity index (χ1v) is 8.38. The van der Waals surface area contributed by atoms with E-state index in [1.54, 1.807) is 12.1 Å². The number of rotatable bonds is 4. The van der Waals surface area contributed by atoms with E-state index in [-0.39, 0.29) is 5.02 Å². The molecule has 2 aromatic rings. The molecule has 0 spiro atoms. The van der Waals surface area contributed by atoms with Crippen LogP contribution in [0.1, 0.15) is 23.6 Å². The Morgan fingerprint density at radius 3 is 2.19 bits per heavy atom. The van der Waals surface area contributed by atoms with E-state index < -0.39 is 35.8 Å². The van der Waals surface area contributed by atoms with Crippen molar-refractivity contribution in [3.63, 3.8) is 0 Å². The lowest BCUT2D eigenvalue weighted by Crippen LogP contribution is -2.37. The van der Waals surface area contributed by atoms with Crippen LogP contribution in [0.25, 0.3) is 0 Å². The van der Waals surface area contributed by atoms with Crippen LogP contribution in [0.3, 0.4) is 0 Å². The van der Waals surface area contributed by atoms with Gasteiger partial charge in [0.15, 0.2) is 0 Å². The van der Waals surface area contributed by atoms with Gasteiger partial charge in [0.1, 0.15) is 6.54 Å². The van der Waals surface area contributed by atoms with Gasteiger partial charge in [-0.15, -0.1) is 0 Å². The molecule has 8 heteroatoms. The summed E-state index contributed by atoms with van der Waals surface area (Å²) in [5, 5.41) is 2.49. The molecule has 4 nitrogen and oxygen atoms in total. The molecule has 0 atom stereocenters. The van der Waals surface area contributed by atoms with Crippen LogP contribution in [0.5, 0.6) is 0 Å². The summed E-state index contributed by atoms with van der Waals surface area (Å²) in [4.78, 5) is 25.1. The van der Waals surface area contributed by atoms with Crippen LogP contribution in [0.15, 0.2) is 36.4 Å². The summed E-state index contributed by atoms with van der Waals surface area (Å²) in [6.45, 7) is 4.24. The minimum Gasteiger partial charge on any atom is -0.325 e. The van der Waals surface area contributed by atoms with Crippen molar-refractivity contribution in [3.05, 3.63) is 58.1 Å². The molecule has 2 amide bonds. The number of nitrogens with zero attached hydrogens (tertiary/aromatic N) is 1. The summed E-state index contributed by atoms with van der Waals surface area (Å²) in [6, 6.07) is 8.43. The van der Waals surface area contributed by atoms with Crippen LogP contribution in [-0.2, 0) is 15.8 Å². The zero-order chi connectivity index (χ0) is 20.4. The molecule has 0 aliphatic heterocycles. The third-order valence-electron chi connectivity index (χ3n) is 3.74. The molecule has 27 heavy (non-hydrogen) atoms. The number of hydrogen-bond donors (Lipinski definition) is 1. The monoisotopic (exact) mass is 398 g/mol. The van der Waals surface area contributed by atoms with Crippen LogP contribution in [0.4, 0.5) is 24.5 Å². The molecule has 0 unspecified atom stereocenters. The number of aryl methyl sites for hydroxylation is 2. The lowest BCUT2D eigenvalue weighted by molar-refractivity contribution is -0.137. The molecule has 0 fully saturated rings. The summed E-state index contributed by atoms with van der Waals surface area (Å²) in [7, 11) is 0. The normalized spacial score (nSPS) is 11.2. The Kier molecular flexibility index (Phi) is 6.15. The molecule has 0 saturated carbocycles. The fourth-order valence-electron chi connectivity index (χ4n) is 2.73. The minimum absolute atomic E-state index is 0.116. The first kappa shape index (κ1) is 20.8. The van der Waals surface area contributed by atoms with Gasteiger partial charge in [-0.05, 0) is 55.3 Å².